The Morgan fingerprint density at radius 3 is 2.73 bits per heavy atom. The van der Waals surface area contributed by atoms with Gasteiger partial charge < -0.3 is 5.32 Å². The van der Waals surface area contributed by atoms with E-state index in [1.54, 1.807) is 0 Å². The summed E-state index contributed by atoms with van der Waals surface area (Å²) in [7, 11) is 0. The van der Waals surface area contributed by atoms with Crippen molar-refractivity contribution < 1.29 is 4.79 Å². The molecule has 1 heterocycles. The zero-order valence-corrected chi connectivity index (χ0v) is 13.9. The average Bonchev–Trinajstić information content (AvgIpc) is 2.78. The highest BCUT2D eigenvalue weighted by molar-refractivity contribution is 5.91. The molecule has 2 aromatic rings. The molecular weight excluding hydrogens is 274 g/mol. The maximum atomic E-state index is 12.1. The fraction of sp³-hybridized carbons (Fsp3) is 0.444. The van der Waals surface area contributed by atoms with Crippen LogP contribution >= 0.6 is 0 Å². The minimum absolute atomic E-state index is 0.0754. The van der Waals surface area contributed by atoms with Crippen molar-refractivity contribution in [2.75, 3.05) is 5.32 Å². The molecule has 0 radical (unpaired) electrons. The smallest absolute Gasteiger partial charge is 0.224 e. The molecule has 4 nitrogen and oxygen atoms in total. The quantitative estimate of drug-likeness (QED) is 0.866. The number of aryl methyl sites for hydroxylation is 2. The van der Waals surface area contributed by atoms with Crippen LogP contribution in [-0.4, -0.2) is 15.7 Å². The first-order valence-corrected chi connectivity index (χ1v) is 7.93. The summed E-state index contributed by atoms with van der Waals surface area (Å²) < 4.78 is 1.89. The predicted octanol–water partition coefficient (Wildman–Crippen LogP) is 4.25. The number of aromatic nitrogens is 2. The normalized spacial score (nSPS) is 12.2. The van der Waals surface area contributed by atoms with Crippen molar-refractivity contribution in [1.82, 2.24) is 9.78 Å². The Kier molecular flexibility index (Phi) is 5.36. The summed E-state index contributed by atoms with van der Waals surface area (Å²) in [5, 5.41) is 7.47. The fourth-order valence-corrected chi connectivity index (χ4v) is 2.73. The Bertz CT molecular complexity index is 646. The molecule has 22 heavy (non-hydrogen) atoms. The molecule has 4 heteroatoms. The lowest BCUT2D eigenvalue weighted by Gasteiger charge is -2.11. The number of amides is 1. The zero-order valence-electron chi connectivity index (χ0n) is 13.9. The average molecular weight is 299 g/mol. The minimum Gasteiger partial charge on any atom is -0.326 e. The molecule has 1 aromatic heterocycles. The number of nitrogens with zero attached hydrogens (tertiary/aromatic N) is 2. The van der Waals surface area contributed by atoms with Crippen LogP contribution in [0.1, 0.15) is 44.5 Å². The van der Waals surface area contributed by atoms with Crippen LogP contribution in [0.25, 0.3) is 5.69 Å². The van der Waals surface area contributed by atoms with Gasteiger partial charge in [0.2, 0.25) is 5.91 Å². The van der Waals surface area contributed by atoms with Crippen molar-refractivity contribution in [3.05, 3.63) is 41.7 Å². The highest BCUT2D eigenvalue weighted by Crippen LogP contribution is 2.18. The van der Waals surface area contributed by atoms with Crippen molar-refractivity contribution in [2.45, 2.75) is 47.0 Å². The second kappa shape index (κ2) is 7.25. The van der Waals surface area contributed by atoms with Crippen molar-refractivity contribution in [3.63, 3.8) is 0 Å². The molecule has 0 aliphatic rings. The predicted molar refractivity (Wildman–Crippen MR) is 90.4 cm³/mol. The van der Waals surface area contributed by atoms with Gasteiger partial charge in [0.05, 0.1) is 11.4 Å². The number of hydrogen-bond donors (Lipinski definition) is 1. The maximum absolute atomic E-state index is 12.1. The van der Waals surface area contributed by atoms with Crippen LogP contribution in [0.15, 0.2) is 30.3 Å². The van der Waals surface area contributed by atoms with E-state index in [-0.39, 0.29) is 5.91 Å². The molecule has 1 amide bonds. The van der Waals surface area contributed by atoms with Crippen molar-refractivity contribution >= 4 is 11.6 Å². The van der Waals surface area contributed by atoms with Gasteiger partial charge in [0.15, 0.2) is 0 Å². The molecule has 0 saturated heterocycles. The van der Waals surface area contributed by atoms with Crippen molar-refractivity contribution in [2.24, 2.45) is 5.92 Å². The second-order valence-electron chi connectivity index (χ2n) is 6.04. The summed E-state index contributed by atoms with van der Waals surface area (Å²) >= 11 is 0. The Balaban J connectivity index is 2.09. The fourth-order valence-electron chi connectivity index (χ4n) is 2.73. The van der Waals surface area contributed by atoms with Crippen LogP contribution in [0.3, 0.4) is 0 Å². The first-order valence-electron chi connectivity index (χ1n) is 7.93. The van der Waals surface area contributed by atoms with Crippen LogP contribution in [0.4, 0.5) is 5.69 Å². The number of anilines is 1. The monoisotopic (exact) mass is 299 g/mol. The lowest BCUT2D eigenvalue weighted by molar-refractivity contribution is -0.117. The van der Waals surface area contributed by atoms with E-state index in [2.05, 4.69) is 24.3 Å². The third kappa shape index (κ3) is 4.20. The van der Waals surface area contributed by atoms with Gasteiger partial charge in [-0.1, -0.05) is 32.8 Å². The zero-order chi connectivity index (χ0) is 16.1. The van der Waals surface area contributed by atoms with E-state index in [0.717, 1.165) is 35.6 Å². The van der Waals surface area contributed by atoms with E-state index in [1.807, 2.05) is 48.9 Å². The molecule has 0 saturated carbocycles. The number of carbonyl (C=O) groups is 1. The highest BCUT2D eigenvalue weighted by Gasteiger charge is 2.10. The number of benzene rings is 1. The number of nitrogens with one attached hydrogen (secondary N) is 1. The molecule has 1 atom stereocenters. The van der Waals surface area contributed by atoms with Gasteiger partial charge in [-0.15, -0.1) is 0 Å². The topological polar surface area (TPSA) is 46.9 Å². The first-order chi connectivity index (χ1) is 10.5. The number of hydrogen-bond acceptors (Lipinski definition) is 2. The van der Waals surface area contributed by atoms with E-state index < -0.39 is 0 Å². The van der Waals surface area contributed by atoms with Crippen molar-refractivity contribution in [3.8, 4) is 5.69 Å². The summed E-state index contributed by atoms with van der Waals surface area (Å²) in [6.45, 7) is 8.27. The summed E-state index contributed by atoms with van der Waals surface area (Å²) in [5.41, 5.74) is 3.85. The van der Waals surface area contributed by atoms with E-state index in [4.69, 9.17) is 0 Å². The Morgan fingerprint density at radius 2 is 2.09 bits per heavy atom. The Labute approximate surface area is 132 Å². The van der Waals surface area contributed by atoms with Gasteiger partial charge >= 0.3 is 0 Å². The third-order valence-corrected chi connectivity index (χ3v) is 3.70. The molecule has 1 unspecified atom stereocenters. The summed E-state index contributed by atoms with van der Waals surface area (Å²) in [5.74, 6) is 0.496. The first kappa shape index (κ1) is 16.3. The van der Waals surface area contributed by atoms with Crippen LogP contribution in [-0.2, 0) is 4.79 Å². The van der Waals surface area contributed by atoms with E-state index in [9.17, 15) is 4.79 Å². The van der Waals surface area contributed by atoms with Gasteiger partial charge in [0, 0.05) is 17.8 Å². The Morgan fingerprint density at radius 1 is 1.32 bits per heavy atom. The lowest BCUT2D eigenvalue weighted by Crippen LogP contribution is -2.15. The third-order valence-electron chi connectivity index (χ3n) is 3.70. The van der Waals surface area contributed by atoms with Crippen LogP contribution in [0.2, 0.25) is 0 Å². The van der Waals surface area contributed by atoms with Gasteiger partial charge in [0.25, 0.3) is 0 Å². The van der Waals surface area contributed by atoms with Gasteiger partial charge in [0.1, 0.15) is 0 Å². The number of rotatable bonds is 6. The van der Waals surface area contributed by atoms with Gasteiger partial charge in [-0.05, 0) is 44.0 Å². The van der Waals surface area contributed by atoms with Crippen LogP contribution < -0.4 is 5.32 Å². The molecule has 118 valence electrons. The standard InChI is InChI=1S/C18H25N3O/c1-5-7-13(2)10-18(22)19-16-8-6-9-17(12-16)21-15(4)11-14(3)20-21/h6,8-9,11-13H,5,7,10H2,1-4H3,(H,19,22). The van der Waals surface area contributed by atoms with Gasteiger partial charge in [-0.25, -0.2) is 4.68 Å². The Hall–Kier alpha value is -2.10. The van der Waals surface area contributed by atoms with Gasteiger partial charge in [-0.2, -0.15) is 5.10 Å². The molecule has 0 spiro atoms. The van der Waals surface area contributed by atoms with Gasteiger partial charge in [-0.3, -0.25) is 4.79 Å². The molecule has 1 aromatic carbocycles. The molecule has 0 aliphatic carbocycles. The minimum atomic E-state index is 0.0754. The SMILES string of the molecule is CCCC(C)CC(=O)Nc1cccc(-n2nc(C)cc2C)c1. The summed E-state index contributed by atoms with van der Waals surface area (Å²) in [6, 6.07) is 9.85. The molecule has 2 rings (SSSR count). The molecule has 0 fully saturated rings. The summed E-state index contributed by atoms with van der Waals surface area (Å²) in [6.07, 6.45) is 2.76. The van der Waals surface area contributed by atoms with Crippen molar-refractivity contribution in [1.29, 1.82) is 0 Å². The largest absolute Gasteiger partial charge is 0.326 e. The number of carbonyl (C=O) groups excluding carboxylic acids is 1. The van der Waals surface area contributed by atoms with E-state index >= 15 is 0 Å². The molecule has 0 bridgehead atoms. The maximum Gasteiger partial charge on any atom is 0.224 e. The van der Waals surface area contributed by atoms with E-state index in [0.29, 0.717) is 12.3 Å². The van der Waals surface area contributed by atoms with Crippen LogP contribution in [0, 0.1) is 19.8 Å². The second-order valence-corrected chi connectivity index (χ2v) is 6.04. The lowest BCUT2D eigenvalue weighted by atomic mass is 10.0. The molecule has 0 aliphatic heterocycles. The molecule has 1 N–H and O–H groups in total. The highest BCUT2D eigenvalue weighted by atomic mass is 16.1. The van der Waals surface area contributed by atoms with E-state index in [1.165, 1.54) is 0 Å². The molecular formula is C18H25N3O. The summed E-state index contributed by atoms with van der Waals surface area (Å²) in [4.78, 5) is 12.1. The van der Waals surface area contributed by atoms with Crippen LogP contribution in [0.5, 0.6) is 0 Å².